The van der Waals surface area contributed by atoms with Gasteiger partial charge >= 0.3 is 12.4 Å². The summed E-state index contributed by atoms with van der Waals surface area (Å²) in [5.41, 5.74) is 0. The SMILES string of the molecule is CCOC(=O)C(N[C]=O)C1CCNCC1. The van der Waals surface area contributed by atoms with Gasteiger partial charge in [-0.15, -0.1) is 0 Å². The number of carbonyl (C=O) groups is 1. The lowest BCUT2D eigenvalue weighted by Gasteiger charge is -2.28. The molecule has 0 aromatic carbocycles. The highest BCUT2D eigenvalue weighted by molar-refractivity contribution is 5.78. The molecule has 5 nitrogen and oxygen atoms in total. The van der Waals surface area contributed by atoms with Crippen LogP contribution in [0.1, 0.15) is 19.8 Å². The number of nitrogens with one attached hydrogen (secondary N) is 2. The molecule has 1 fully saturated rings. The Labute approximate surface area is 89.6 Å². The van der Waals surface area contributed by atoms with Gasteiger partial charge in [-0.25, -0.2) is 4.79 Å². The van der Waals surface area contributed by atoms with Gasteiger partial charge in [-0.3, -0.25) is 4.79 Å². The van der Waals surface area contributed by atoms with Gasteiger partial charge in [0.25, 0.3) is 0 Å². The van der Waals surface area contributed by atoms with Crippen LogP contribution in [0.2, 0.25) is 0 Å². The predicted octanol–water partition coefficient (Wildman–Crippen LogP) is -0.425. The van der Waals surface area contributed by atoms with Gasteiger partial charge in [0.1, 0.15) is 6.04 Å². The van der Waals surface area contributed by atoms with Crippen molar-refractivity contribution in [3.05, 3.63) is 0 Å². The van der Waals surface area contributed by atoms with E-state index < -0.39 is 6.04 Å². The van der Waals surface area contributed by atoms with Crippen LogP contribution in [-0.2, 0) is 14.3 Å². The second-order valence-corrected chi connectivity index (χ2v) is 3.56. The zero-order chi connectivity index (χ0) is 11.1. The fraction of sp³-hybridized carbons (Fsp3) is 0.800. The summed E-state index contributed by atoms with van der Waals surface area (Å²) in [5.74, 6) is -0.195. The number of hydrogen-bond donors (Lipinski definition) is 2. The van der Waals surface area contributed by atoms with Crippen LogP contribution in [0.3, 0.4) is 0 Å². The molecule has 1 amide bonds. The van der Waals surface area contributed by atoms with Crippen molar-refractivity contribution in [1.29, 1.82) is 0 Å². The molecular weight excluding hydrogens is 196 g/mol. The second kappa shape index (κ2) is 6.40. The van der Waals surface area contributed by atoms with E-state index in [4.69, 9.17) is 4.74 Å². The van der Waals surface area contributed by atoms with Gasteiger partial charge in [0, 0.05) is 0 Å². The first kappa shape index (κ1) is 12.0. The van der Waals surface area contributed by atoms with Crippen molar-refractivity contribution in [2.75, 3.05) is 19.7 Å². The fourth-order valence-electron chi connectivity index (χ4n) is 1.84. The second-order valence-electron chi connectivity index (χ2n) is 3.56. The van der Waals surface area contributed by atoms with E-state index in [0.717, 1.165) is 25.9 Å². The lowest BCUT2D eigenvalue weighted by Crippen LogP contribution is -2.47. The van der Waals surface area contributed by atoms with Crippen LogP contribution in [0.15, 0.2) is 0 Å². The van der Waals surface area contributed by atoms with E-state index in [2.05, 4.69) is 10.6 Å². The molecule has 1 rings (SSSR count). The molecule has 15 heavy (non-hydrogen) atoms. The molecule has 5 heteroatoms. The Balaban J connectivity index is 2.54. The van der Waals surface area contributed by atoms with E-state index in [1.54, 1.807) is 13.3 Å². The van der Waals surface area contributed by atoms with Crippen molar-refractivity contribution in [2.24, 2.45) is 5.92 Å². The Morgan fingerprint density at radius 1 is 1.60 bits per heavy atom. The summed E-state index contributed by atoms with van der Waals surface area (Å²) in [5, 5.41) is 5.63. The number of amides is 1. The monoisotopic (exact) mass is 213 g/mol. The molecule has 0 saturated carbocycles. The van der Waals surface area contributed by atoms with Gasteiger partial charge in [0.2, 0.25) is 0 Å². The Hall–Kier alpha value is -1.10. The van der Waals surface area contributed by atoms with E-state index in [1.165, 1.54) is 0 Å². The van der Waals surface area contributed by atoms with Crippen LogP contribution >= 0.6 is 0 Å². The quantitative estimate of drug-likeness (QED) is 0.480. The third-order valence-electron chi connectivity index (χ3n) is 2.61. The van der Waals surface area contributed by atoms with E-state index in [-0.39, 0.29) is 11.9 Å². The van der Waals surface area contributed by atoms with E-state index in [0.29, 0.717) is 6.61 Å². The van der Waals surface area contributed by atoms with E-state index in [9.17, 15) is 9.59 Å². The normalized spacial score (nSPS) is 19.3. The van der Waals surface area contributed by atoms with Crippen LogP contribution in [-0.4, -0.2) is 38.1 Å². The molecule has 0 spiro atoms. The lowest BCUT2D eigenvalue weighted by atomic mass is 9.90. The Bertz CT molecular complexity index is 215. The Morgan fingerprint density at radius 3 is 2.80 bits per heavy atom. The van der Waals surface area contributed by atoms with Crippen LogP contribution in [0.25, 0.3) is 0 Å². The van der Waals surface area contributed by atoms with E-state index in [1.807, 2.05) is 0 Å². The molecule has 1 heterocycles. The molecule has 0 aromatic rings. The molecule has 0 bridgehead atoms. The highest BCUT2D eigenvalue weighted by Crippen LogP contribution is 2.17. The lowest BCUT2D eigenvalue weighted by molar-refractivity contribution is -0.147. The summed E-state index contributed by atoms with van der Waals surface area (Å²) < 4.78 is 4.91. The number of piperidine rings is 1. The molecular formula is C10H17N2O3. The van der Waals surface area contributed by atoms with Crippen molar-refractivity contribution >= 4 is 12.4 Å². The van der Waals surface area contributed by atoms with Crippen LogP contribution < -0.4 is 10.6 Å². The molecule has 1 aliphatic heterocycles. The zero-order valence-corrected chi connectivity index (χ0v) is 8.91. The molecule has 0 aromatic heterocycles. The number of rotatable bonds is 5. The molecule has 85 valence electrons. The topological polar surface area (TPSA) is 67.4 Å². The van der Waals surface area contributed by atoms with Gasteiger partial charge in [0.05, 0.1) is 6.61 Å². The minimum atomic E-state index is -0.537. The fourth-order valence-corrected chi connectivity index (χ4v) is 1.84. The molecule has 1 aliphatic rings. The smallest absolute Gasteiger partial charge is 0.328 e. The highest BCUT2D eigenvalue weighted by atomic mass is 16.5. The van der Waals surface area contributed by atoms with Gasteiger partial charge in [-0.05, 0) is 38.8 Å². The van der Waals surface area contributed by atoms with E-state index >= 15 is 0 Å². The Kier molecular flexibility index (Phi) is 5.10. The van der Waals surface area contributed by atoms with Crippen LogP contribution in [0.5, 0.6) is 0 Å². The highest BCUT2D eigenvalue weighted by Gasteiger charge is 2.30. The van der Waals surface area contributed by atoms with Crippen molar-refractivity contribution in [3.8, 4) is 0 Å². The standard InChI is InChI=1S/C10H17N2O3/c1-2-15-10(14)9(12-7-13)8-3-5-11-6-4-8/h8-9,11H,2-6H2,1H3,(H,12,13). The third kappa shape index (κ3) is 3.51. The summed E-state index contributed by atoms with van der Waals surface area (Å²) in [7, 11) is 0. The largest absolute Gasteiger partial charge is 0.464 e. The maximum Gasteiger partial charge on any atom is 0.328 e. The summed E-state index contributed by atoms with van der Waals surface area (Å²) in [6, 6.07) is -0.537. The molecule has 2 N–H and O–H groups in total. The molecule has 1 unspecified atom stereocenters. The minimum absolute atomic E-state index is 0.159. The van der Waals surface area contributed by atoms with Gasteiger partial charge in [0.15, 0.2) is 0 Å². The maximum absolute atomic E-state index is 11.5. The molecule has 1 atom stereocenters. The first-order valence-corrected chi connectivity index (χ1v) is 5.29. The summed E-state index contributed by atoms with van der Waals surface area (Å²) in [6.07, 6.45) is 3.33. The summed E-state index contributed by atoms with van der Waals surface area (Å²) in [6.45, 7) is 3.84. The summed E-state index contributed by atoms with van der Waals surface area (Å²) >= 11 is 0. The van der Waals surface area contributed by atoms with Crippen molar-refractivity contribution in [2.45, 2.75) is 25.8 Å². The average Bonchev–Trinajstić information content (AvgIpc) is 2.27. The van der Waals surface area contributed by atoms with Gasteiger partial charge in [-0.2, -0.15) is 0 Å². The van der Waals surface area contributed by atoms with Crippen molar-refractivity contribution < 1.29 is 14.3 Å². The van der Waals surface area contributed by atoms with Crippen LogP contribution in [0, 0.1) is 5.92 Å². The van der Waals surface area contributed by atoms with Gasteiger partial charge < -0.3 is 15.4 Å². The number of carbonyl (C=O) groups excluding carboxylic acids is 2. The third-order valence-corrected chi connectivity index (χ3v) is 2.61. The average molecular weight is 213 g/mol. The molecule has 1 saturated heterocycles. The first-order chi connectivity index (χ1) is 7.29. The maximum atomic E-state index is 11.5. The number of esters is 1. The number of ether oxygens (including phenoxy) is 1. The zero-order valence-electron chi connectivity index (χ0n) is 8.91. The predicted molar refractivity (Wildman–Crippen MR) is 54.8 cm³/mol. The first-order valence-electron chi connectivity index (χ1n) is 5.29. The van der Waals surface area contributed by atoms with Gasteiger partial charge in [-0.1, -0.05) is 0 Å². The summed E-state index contributed by atoms with van der Waals surface area (Å²) in [4.78, 5) is 21.9. The minimum Gasteiger partial charge on any atom is -0.464 e. The Morgan fingerprint density at radius 2 is 2.27 bits per heavy atom. The van der Waals surface area contributed by atoms with Crippen LogP contribution in [0.4, 0.5) is 0 Å². The van der Waals surface area contributed by atoms with Crippen molar-refractivity contribution in [1.82, 2.24) is 10.6 Å². The molecule has 0 aliphatic carbocycles. The van der Waals surface area contributed by atoms with Crippen molar-refractivity contribution in [3.63, 3.8) is 0 Å². The molecule has 1 radical (unpaired) electrons. The number of hydrogen-bond acceptors (Lipinski definition) is 4.